The molecule has 1 aliphatic heterocycles. The van der Waals surface area contributed by atoms with Gasteiger partial charge in [0.15, 0.2) is 0 Å². The van der Waals surface area contributed by atoms with Crippen molar-refractivity contribution in [3.63, 3.8) is 0 Å². The van der Waals surface area contributed by atoms with E-state index >= 15 is 0 Å². The highest BCUT2D eigenvalue weighted by atomic mass is 79.9. The molecule has 1 aromatic rings. The first kappa shape index (κ1) is 15.3. The first-order chi connectivity index (χ1) is 9.58. The lowest BCUT2D eigenvalue weighted by Gasteiger charge is -2.23. The Labute approximate surface area is 127 Å². The Morgan fingerprint density at radius 3 is 3.00 bits per heavy atom. The highest BCUT2D eigenvalue weighted by Crippen LogP contribution is 2.20. The molecule has 2 heterocycles. The van der Waals surface area contributed by atoms with Gasteiger partial charge in [-0.1, -0.05) is 0 Å². The molecule has 0 aromatic carbocycles. The molecule has 0 saturated carbocycles. The monoisotopic (exact) mass is 341 g/mol. The molecule has 5 nitrogen and oxygen atoms in total. The summed E-state index contributed by atoms with van der Waals surface area (Å²) in [6.45, 7) is 1.35. The molecule has 0 radical (unpaired) electrons. The van der Waals surface area contributed by atoms with Crippen LogP contribution >= 0.6 is 15.9 Å². The van der Waals surface area contributed by atoms with E-state index in [1.54, 1.807) is 12.3 Å². The zero-order valence-corrected chi connectivity index (χ0v) is 13.4. The maximum Gasteiger partial charge on any atom is 0.255 e. The topological polar surface area (TPSA) is 54.5 Å². The van der Waals surface area contributed by atoms with Crippen molar-refractivity contribution in [2.24, 2.45) is 0 Å². The van der Waals surface area contributed by atoms with Gasteiger partial charge in [-0.3, -0.25) is 4.79 Å². The summed E-state index contributed by atoms with van der Waals surface area (Å²) in [6, 6.07) is 1.79. The number of halogens is 1. The van der Waals surface area contributed by atoms with Crippen molar-refractivity contribution in [1.29, 1.82) is 0 Å². The van der Waals surface area contributed by atoms with Crippen molar-refractivity contribution >= 4 is 27.7 Å². The second kappa shape index (κ2) is 7.04. The molecule has 1 atom stereocenters. The fourth-order valence-corrected chi connectivity index (χ4v) is 2.56. The fraction of sp³-hybridized carbons (Fsp3) is 0.571. The molecule has 1 amide bonds. The summed E-state index contributed by atoms with van der Waals surface area (Å²) in [5, 5.41) is 2.94. The number of pyridine rings is 1. The van der Waals surface area contributed by atoms with Gasteiger partial charge in [0, 0.05) is 37.9 Å². The van der Waals surface area contributed by atoms with Crippen molar-refractivity contribution in [3.8, 4) is 0 Å². The fourth-order valence-electron chi connectivity index (χ4n) is 2.23. The predicted octanol–water partition coefficient (Wildman–Crippen LogP) is 2.21. The zero-order chi connectivity index (χ0) is 14.5. The van der Waals surface area contributed by atoms with Crippen LogP contribution < -0.4 is 10.2 Å². The molecule has 1 fully saturated rings. The summed E-state index contributed by atoms with van der Waals surface area (Å²) in [5.41, 5.74) is 0.570. The van der Waals surface area contributed by atoms with Crippen molar-refractivity contribution in [2.45, 2.75) is 25.4 Å². The van der Waals surface area contributed by atoms with Gasteiger partial charge in [-0.2, -0.15) is 0 Å². The Morgan fingerprint density at radius 2 is 2.35 bits per heavy atom. The van der Waals surface area contributed by atoms with Gasteiger partial charge in [0.25, 0.3) is 5.91 Å². The van der Waals surface area contributed by atoms with E-state index in [4.69, 9.17) is 4.74 Å². The summed E-state index contributed by atoms with van der Waals surface area (Å²) in [7, 11) is 3.74. The van der Waals surface area contributed by atoms with E-state index in [1.165, 1.54) is 6.42 Å². The first-order valence-electron chi connectivity index (χ1n) is 6.80. The maximum atomic E-state index is 12.3. The van der Waals surface area contributed by atoms with Gasteiger partial charge in [0.2, 0.25) is 0 Å². The number of carbonyl (C=O) groups is 1. The van der Waals surface area contributed by atoms with Crippen molar-refractivity contribution in [1.82, 2.24) is 10.3 Å². The number of hydrogen-bond donors (Lipinski definition) is 1. The van der Waals surface area contributed by atoms with Crippen LogP contribution in [0, 0.1) is 0 Å². The summed E-state index contributed by atoms with van der Waals surface area (Å²) >= 11 is 3.36. The molecule has 0 unspecified atom stereocenters. The first-order valence-corrected chi connectivity index (χ1v) is 7.60. The lowest BCUT2D eigenvalue weighted by Crippen LogP contribution is -2.36. The highest BCUT2D eigenvalue weighted by molar-refractivity contribution is 9.10. The van der Waals surface area contributed by atoms with Gasteiger partial charge in [0.05, 0.1) is 11.7 Å². The summed E-state index contributed by atoms with van der Waals surface area (Å²) < 4.78 is 6.41. The van der Waals surface area contributed by atoms with E-state index < -0.39 is 0 Å². The van der Waals surface area contributed by atoms with Crippen molar-refractivity contribution < 1.29 is 9.53 Å². The number of ether oxygens (including phenoxy) is 1. The third-order valence-electron chi connectivity index (χ3n) is 3.27. The third kappa shape index (κ3) is 3.93. The predicted molar refractivity (Wildman–Crippen MR) is 82.2 cm³/mol. The molecule has 0 aliphatic carbocycles. The normalized spacial score (nSPS) is 18.6. The van der Waals surface area contributed by atoms with E-state index in [0.717, 1.165) is 23.9 Å². The highest BCUT2D eigenvalue weighted by Gasteiger charge is 2.18. The van der Waals surface area contributed by atoms with Crippen LogP contribution in [0.15, 0.2) is 16.7 Å². The Hall–Kier alpha value is -1.14. The van der Waals surface area contributed by atoms with Crippen LogP contribution in [0.25, 0.3) is 0 Å². The largest absolute Gasteiger partial charge is 0.376 e. The van der Waals surface area contributed by atoms with Crippen LogP contribution in [0.1, 0.15) is 29.6 Å². The molecular formula is C14H20BrN3O2. The lowest BCUT2D eigenvalue weighted by molar-refractivity contribution is 0.0169. The number of aromatic nitrogens is 1. The molecule has 110 valence electrons. The second-order valence-corrected chi connectivity index (χ2v) is 6.03. The van der Waals surface area contributed by atoms with Crippen LogP contribution in [0.2, 0.25) is 0 Å². The summed E-state index contributed by atoms with van der Waals surface area (Å²) in [5.74, 6) is 0.548. The molecule has 1 saturated heterocycles. The molecule has 1 N–H and O–H groups in total. The maximum absolute atomic E-state index is 12.3. The molecule has 2 rings (SSSR count). The number of rotatable bonds is 4. The number of carbonyl (C=O) groups excluding carboxylic acids is 1. The van der Waals surface area contributed by atoms with Gasteiger partial charge in [-0.25, -0.2) is 4.98 Å². The number of nitrogens with zero attached hydrogens (tertiary/aromatic N) is 2. The van der Waals surface area contributed by atoms with Crippen LogP contribution in [-0.2, 0) is 4.74 Å². The standard InChI is InChI=1S/C14H20BrN3O2/c1-18(2)13-12(7-10(15)8-16-13)14(19)17-9-11-5-3-4-6-20-11/h7-8,11H,3-6,9H2,1-2H3,(H,17,19)/t11-/m0/s1. The molecule has 1 aromatic heterocycles. The Bertz CT molecular complexity index is 473. The van der Waals surface area contributed by atoms with E-state index in [0.29, 0.717) is 17.9 Å². The van der Waals surface area contributed by atoms with Crippen LogP contribution in [0.3, 0.4) is 0 Å². The van der Waals surface area contributed by atoms with Gasteiger partial charge >= 0.3 is 0 Å². The average Bonchev–Trinajstić information content (AvgIpc) is 2.45. The molecule has 20 heavy (non-hydrogen) atoms. The van der Waals surface area contributed by atoms with Crippen molar-refractivity contribution in [3.05, 3.63) is 22.3 Å². The molecule has 0 bridgehead atoms. The van der Waals surface area contributed by atoms with E-state index in [1.807, 2.05) is 19.0 Å². The minimum atomic E-state index is -0.114. The molecular weight excluding hydrogens is 322 g/mol. The minimum Gasteiger partial charge on any atom is -0.376 e. The molecule has 6 heteroatoms. The van der Waals surface area contributed by atoms with Gasteiger partial charge in [-0.15, -0.1) is 0 Å². The summed E-state index contributed by atoms with van der Waals surface area (Å²) in [4.78, 5) is 18.4. The lowest BCUT2D eigenvalue weighted by atomic mass is 10.1. The minimum absolute atomic E-state index is 0.114. The van der Waals surface area contributed by atoms with Gasteiger partial charge < -0.3 is 15.0 Å². The number of anilines is 1. The molecule has 0 spiro atoms. The number of amides is 1. The smallest absolute Gasteiger partial charge is 0.255 e. The molecule has 1 aliphatic rings. The zero-order valence-electron chi connectivity index (χ0n) is 11.9. The van der Waals surface area contributed by atoms with E-state index in [2.05, 4.69) is 26.2 Å². The van der Waals surface area contributed by atoms with Crippen LogP contribution in [-0.4, -0.2) is 44.2 Å². The van der Waals surface area contributed by atoms with Crippen LogP contribution in [0.5, 0.6) is 0 Å². The van der Waals surface area contributed by atoms with Crippen LogP contribution in [0.4, 0.5) is 5.82 Å². The van der Waals surface area contributed by atoms with Crippen molar-refractivity contribution in [2.75, 3.05) is 32.1 Å². The Morgan fingerprint density at radius 1 is 1.55 bits per heavy atom. The Balaban J connectivity index is 2.02. The third-order valence-corrected chi connectivity index (χ3v) is 3.70. The van der Waals surface area contributed by atoms with E-state index in [-0.39, 0.29) is 12.0 Å². The number of hydrogen-bond acceptors (Lipinski definition) is 4. The second-order valence-electron chi connectivity index (χ2n) is 5.12. The summed E-state index contributed by atoms with van der Waals surface area (Å²) in [6.07, 6.45) is 5.12. The average molecular weight is 342 g/mol. The van der Waals surface area contributed by atoms with E-state index in [9.17, 15) is 4.79 Å². The SMILES string of the molecule is CN(C)c1ncc(Br)cc1C(=O)NC[C@@H]1CCCCO1. The Kier molecular flexibility index (Phi) is 5.37. The number of nitrogens with one attached hydrogen (secondary N) is 1. The van der Waals surface area contributed by atoms with Gasteiger partial charge in [0.1, 0.15) is 5.82 Å². The van der Waals surface area contributed by atoms with Gasteiger partial charge in [-0.05, 0) is 41.3 Å². The quantitative estimate of drug-likeness (QED) is 0.912.